The van der Waals surface area contributed by atoms with Crippen LogP contribution in [0.1, 0.15) is 44.5 Å². The second kappa shape index (κ2) is 6.57. The van der Waals surface area contributed by atoms with Crippen LogP contribution in [0.25, 0.3) is 11.2 Å². The molecular weight excluding hydrogens is 288 g/mol. The number of likely N-dealkylation sites (tertiary alicyclic amines) is 1. The highest BCUT2D eigenvalue weighted by molar-refractivity contribution is 5.71. The number of likely N-dealkylation sites (N-methyl/N-ethyl adjacent to an activating group) is 1. The SMILES string of the molecule is CCN1CCCC1Cc1nc2cccnc2n1C1CCCOC1. The number of pyridine rings is 1. The Bertz CT molecular complexity index is 662. The fourth-order valence-corrected chi connectivity index (χ4v) is 4.18. The highest BCUT2D eigenvalue weighted by Gasteiger charge is 2.28. The zero-order valence-electron chi connectivity index (χ0n) is 13.9. The number of hydrogen-bond donors (Lipinski definition) is 0. The predicted octanol–water partition coefficient (Wildman–Crippen LogP) is 2.81. The Morgan fingerprint density at radius 1 is 1.30 bits per heavy atom. The van der Waals surface area contributed by atoms with Gasteiger partial charge in [-0.3, -0.25) is 0 Å². The Balaban J connectivity index is 1.69. The van der Waals surface area contributed by atoms with Gasteiger partial charge >= 0.3 is 0 Å². The first-order valence-electron chi connectivity index (χ1n) is 9.00. The smallest absolute Gasteiger partial charge is 0.160 e. The molecule has 0 aliphatic carbocycles. The van der Waals surface area contributed by atoms with Crippen LogP contribution in [0.3, 0.4) is 0 Å². The molecule has 0 amide bonds. The summed E-state index contributed by atoms with van der Waals surface area (Å²) in [5.74, 6) is 1.19. The molecule has 5 nitrogen and oxygen atoms in total. The van der Waals surface area contributed by atoms with E-state index in [-0.39, 0.29) is 0 Å². The van der Waals surface area contributed by atoms with Crippen molar-refractivity contribution >= 4 is 11.2 Å². The molecule has 0 bridgehead atoms. The van der Waals surface area contributed by atoms with E-state index in [0.29, 0.717) is 12.1 Å². The maximum atomic E-state index is 5.74. The molecular formula is C18H26N4O. The first-order valence-corrected chi connectivity index (χ1v) is 9.00. The molecule has 2 aliphatic heterocycles. The van der Waals surface area contributed by atoms with Crippen molar-refractivity contribution in [3.63, 3.8) is 0 Å². The van der Waals surface area contributed by atoms with E-state index in [9.17, 15) is 0 Å². The molecule has 2 unspecified atom stereocenters. The van der Waals surface area contributed by atoms with Gasteiger partial charge in [-0.15, -0.1) is 0 Å². The maximum Gasteiger partial charge on any atom is 0.160 e. The molecule has 5 heteroatoms. The van der Waals surface area contributed by atoms with Gasteiger partial charge in [0.15, 0.2) is 5.65 Å². The summed E-state index contributed by atoms with van der Waals surface area (Å²) in [7, 11) is 0. The topological polar surface area (TPSA) is 43.2 Å². The van der Waals surface area contributed by atoms with E-state index in [1.54, 1.807) is 0 Å². The normalized spacial score (nSPS) is 26.1. The van der Waals surface area contributed by atoms with Crippen LogP contribution in [0, 0.1) is 0 Å². The first kappa shape index (κ1) is 15.1. The number of fused-ring (bicyclic) bond motifs is 1. The minimum absolute atomic E-state index is 0.384. The van der Waals surface area contributed by atoms with Crippen molar-refractivity contribution in [3.8, 4) is 0 Å². The van der Waals surface area contributed by atoms with E-state index < -0.39 is 0 Å². The molecule has 0 spiro atoms. The average Bonchev–Trinajstić information content (AvgIpc) is 3.19. The fourth-order valence-electron chi connectivity index (χ4n) is 4.18. The molecule has 124 valence electrons. The highest BCUT2D eigenvalue weighted by Crippen LogP contribution is 2.28. The Kier molecular flexibility index (Phi) is 4.31. The molecule has 2 saturated heterocycles. The number of aromatic nitrogens is 3. The van der Waals surface area contributed by atoms with Crippen molar-refractivity contribution in [2.45, 2.75) is 51.1 Å². The number of hydrogen-bond acceptors (Lipinski definition) is 4. The number of nitrogens with zero attached hydrogens (tertiary/aromatic N) is 4. The third-order valence-corrected chi connectivity index (χ3v) is 5.35. The summed E-state index contributed by atoms with van der Waals surface area (Å²) in [6.45, 7) is 6.30. The van der Waals surface area contributed by atoms with Crippen LogP contribution in [0.15, 0.2) is 18.3 Å². The molecule has 4 heterocycles. The summed E-state index contributed by atoms with van der Waals surface area (Å²) in [6, 6.07) is 5.07. The van der Waals surface area contributed by atoms with Gasteiger partial charge in [0.2, 0.25) is 0 Å². The third-order valence-electron chi connectivity index (χ3n) is 5.35. The lowest BCUT2D eigenvalue weighted by Gasteiger charge is -2.27. The van der Waals surface area contributed by atoms with Crippen molar-refractivity contribution in [1.29, 1.82) is 0 Å². The predicted molar refractivity (Wildman–Crippen MR) is 90.6 cm³/mol. The van der Waals surface area contributed by atoms with Gasteiger partial charge in [-0.25, -0.2) is 9.97 Å². The van der Waals surface area contributed by atoms with Gasteiger partial charge in [-0.05, 0) is 50.9 Å². The van der Waals surface area contributed by atoms with Crippen LogP contribution in [-0.2, 0) is 11.2 Å². The number of rotatable bonds is 4. The molecule has 23 heavy (non-hydrogen) atoms. The molecule has 0 radical (unpaired) electrons. The van der Waals surface area contributed by atoms with E-state index in [4.69, 9.17) is 9.72 Å². The second-order valence-electron chi connectivity index (χ2n) is 6.74. The van der Waals surface area contributed by atoms with Gasteiger partial charge in [0.1, 0.15) is 11.3 Å². The molecule has 0 saturated carbocycles. The van der Waals surface area contributed by atoms with Crippen LogP contribution in [0.5, 0.6) is 0 Å². The lowest BCUT2D eigenvalue weighted by molar-refractivity contribution is 0.0590. The zero-order valence-corrected chi connectivity index (χ0v) is 13.9. The lowest BCUT2D eigenvalue weighted by atomic mass is 10.1. The summed E-state index contributed by atoms with van der Waals surface area (Å²) < 4.78 is 8.11. The van der Waals surface area contributed by atoms with Gasteiger partial charge in [-0.1, -0.05) is 6.92 Å². The summed E-state index contributed by atoms with van der Waals surface area (Å²) in [5, 5.41) is 0. The van der Waals surface area contributed by atoms with Crippen molar-refractivity contribution in [2.75, 3.05) is 26.3 Å². The average molecular weight is 314 g/mol. The molecule has 2 atom stereocenters. The van der Waals surface area contributed by atoms with Crippen molar-refractivity contribution in [3.05, 3.63) is 24.2 Å². The van der Waals surface area contributed by atoms with Crippen LogP contribution in [0.4, 0.5) is 0 Å². The standard InChI is InChI=1S/C18H26N4O/c1-2-21-10-4-6-14(21)12-17-20-16-8-3-9-19-18(16)22(17)15-7-5-11-23-13-15/h3,8-9,14-15H,2,4-7,10-13H2,1H3. The van der Waals surface area contributed by atoms with Crippen LogP contribution < -0.4 is 0 Å². The Labute approximate surface area is 137 Å². The fraction of sp³-hybridized carbons (Fsp3) is 0.667. The monoisotopic (exact) mass is 314 g/mol. The van der Waals surface area contributed by atoms with Crippen molar-refractivity contribution in [2.24, 2.45) is 0 Å². The molecule has 0 aromatic carbocycles. The minimum Gasteiger partial charge on any atom is -0.379 e. The largest absolute Gasteiger partial charge is 0.379 e. The minimum atomic E-state index is 0.384. The summed E-state index contributed by atoms with van der Waals surface area (Å²) in [6.07, 6.45) is 7.79. The molecule has 2 aliphatic rings. The molecule has 2 aromatic rings. The Morgan fingerprint density at radius 2 is 2.26 bits per heavy atom. The number of imidazole rings is 1. The van der Waals surface area contributed by atoms with Gasteiger partial charge < -0.3 is 14.2 Å². The van der Waals surface area contributed by atoms with E-state index in [0.717, 1.165) is 50.2 Å². The summed E-state index contributed by atoms with van der Waals surface area (Å²) in [5.41, 5.74) is 2.05. The van der Waals surface area contributed by atoms with Crippen LogP contribution in [0.2, 0.25) is 0 Å². The van der Waals surface area contributed by atoms with E-state index >= 15 is 0 Å². The quantitative estimate of drug-likeness (QED) is 0.870. The second-order valence-corrected chi connectivity index (χ2v) is 6.74. The van der Waals surface area contributed by atoms with E-state index in [2.05, 4.69) is 27.4 Å². The highest BCUT2D eigenvalue weighted by atomic mass is 16.5. The van der Waals surface area contributed by atoms with Crippen LogP contribution >= 0.6 is 0 Å². The molecule has 0 N–H and O–H groups in total. The maximum absolute atomic E-state index is 5.74. The summed E-state index contributed by atoms with van der Waals surface area (Å²) in [4.78, 5) is 12.2. The van der Waals surface area contributed by atoms with Crippen molar-refractivity contribution in [1.82, 2.24) is 19.4 Å². The summed E-state index contributed by atoms with van der Waals surface area (Å²) >= 11 is 0. The Morgan fingerprint density at radius 3 is 3.09 bits per heavy atom. The third kappa shape index (κ3) is 2.88. The van der Waals surface area contributed by atoms with E-state index in [1.807, 2.05) is 12.3 Å². The Hall–Kier alpha value is -1.46. The zero-order chi connectivity index (χ0) is 15.6. The van der Waals surface area contributed by atoms with Crippen molar-refractivity contribution < 1.29 is 4.74 Å². The lowest BCUT2D eigenvalue weighted by Crippen LogP contribution is -2.32. The van der Waals surface area contributed by atoms with Gasteiger partial charge in [0, 0.05) is 25.3 Å². The van der Waals surface area contributed by atoms with Crippen LogP contribution in [-0.4, -0.2) is 51.8 Å². The number of ether oxygens (including phenoxy) is 1. The van der Waals surface area contributed by atoms with Gasteiger partial charge in [0.05, 0.1) is 12.6 Å². The molecule has 2 aromatic heterocycles. The molecule has 2 fully saturated rings. The van der Waals surface area contributed by atoms with Gasteiger partial charge in [0.25, 0.3) is 0 Å². The first-order chi connectivity index (χ1) is 11.4. The van der Waals surface area contributed by atoms with E-state index in [1.165, 1.54) is 25.2 Å². The molecule has 4 rings (SSSR count). The van der Waals surface area contributed by atoms with Gasteiger partial charge in [-0.2, -0.15) is 0 Å².